The molecular weight excluding hydrogens is 494 g/mol. The first-order valence-corrected chi connectivity index (χ1v) is 13.9. The van der Waals surface area contributed by atoms with Crippen molar-refractivity contribution in [1.82, 2.24) is 29.7 Å². The number of carbonyl (C=O) groups is 1. The van der Waals surface area contributed by atoms with Gasteiger partial charge in [-0.05, 0) is 72.4 Å². The van der Waals surface area contributed by atoms with Crippen molar-refractivity contribution in [1.29, 1.82) is 0 Å². The minimum absolute atomic E-state index is 0.0346. The van der Waals surface area contributed by atoms with Gasteiger partial charge >= 0.3 is 6.09 Å². The van der Waals surface area contributed by atoms with Crippen molar-refractivity contribution >= 4 is 40.4 Å². The first-order chi connectivity index (χ1) is 18.6. The highest BCUT2D eigenvalue weighted by Crippen LogP contribution is 2.29. The van der Waals surface area contributed by atoms with Gasteiger partial charge in [-0.2, -0.15) is 9.97 Å². The van der Waals surface area contributed by atoms with Gasteiger partial charge in [-0.3, -0.25) is 0 Å². The van der Waals surface area contributed by atoms with Crippen molar-refractivity contribution in [2.45, 2.75) is 58.7 Å². The highest BCUT2D eigenvalue weighted by molar-refractivity contribution is 5.87. The lowest BCUT2D eigenvalue weighted by Crippen LogP contribution is -2.44. The SMILES string of the molecule is CC(C)n1cnc2c(Nc3ccc(N4CCN(C)CC4)cc3)nc(N3CC[C@H](NC(=O)OC(C)(C)C)C3)nc21. The molecule has 2 fully saturated rings. The van der Waals surface area contributed by atoms with Gasteiger partial charge in [0.25, 0.3) is 0 Å². The van der Waals surface area contributed by atoms with E-state index in [0.717, 1.165) is 56.0 Å². The molecule has 4 heterocycles. The Balaban J connectivity index is 1.36. The van der Waals surface area contributed by atoms with Gasteiger partial charge in [0.2, 0.25) is 5.95 Å². The average Bonchev–Trinajstić information content (AvgIpc) is 3.51. The van der Waals surface area contributed by atoms with E-state index in [4.69, 9.17) is 14.7 Å². The summed E-state index contributed by atoms with van der Waals surface area (Å²) in [7, 11) is 2.17. The lowest BCUT2D eigenvalue weighted by molar-refractivity contribution is 0.0509. The third kappa shape index (κ3) is 6.35. The van der Waals surface area contributed by atoms with Crippen molar-refractivity contribution in [3.8, 4) is 0 Å². The molecule has 5 rings (SSSR count). The zero-order valence-electron chi connectivity index (χ0n) is 23.9. The standard InChI is InChI=1S/C28H41N9O2/c1-19(2)37-18-29-23-24(30-20-7-9-22(10-8-20)35-15-13-34(6)14-16-35)32-26(33-25(23)37)36-12-11-21(17-36)31-27(38)39-28(3,4)5/h7-10,18-19,21H,11-17H2,1-6H3,(H,31,38)(H,30,32,33)/t21-/m0/s1. The quantitative estimate of drug-likeness (QED) is 0.485. The summed E-state index contributed by atoms with van der Waals surface area (Å²) in [4.78, 5) is 33.7. The number of piperazine rings is 1. The van der Waals surface area contributed by atoms with E-state index in [1.807, 2.05) is 27.1 Å². The second-order valence-corrected chi connectivity index (χ2v) is 11.8. The molecule has 39 heavy (non-hydrogen) atoms. The van der Waals surface area contributed by atoms with E-state index in [1.165, 1.54) is 5.69 Å². The second-order valence-electron chi connectivity index (χ2n) is 11.8. The fourth-order valence-corrected chi connectivity index (χ4v) is 5.00. The van der Waals surface area contributed by atoms with Crippen molar-refractivity contribution in [3.05, 3.63) is 30.6 Å². The van der Waals surface area contributed by atoms with Gasteiger partial charge in [-0.15, -0.1) is 0 Å². The fourth-order valence-electron chi connectivity index (χ4n) is 5.00. The number of alkyl carbamates (subject to hydrolysis) is 1. The Bertz CT molecular complexity index is 1290. The molecule has 2 aliphatic heterocycles. The molecule has 0 saturated carbocycles. The van der Waals surface area contributed by atoms with Gasteiger partial charge in [-0.25, -0.2) is 9.78 Å². The summed E-state index contributed by atoms with van der Waals surface area (Å²) in [6.07, 6.45) is 2.22. The van der Waals surface area contributed by atoms with Gasteiger partial charge in [0.05, 0.1) is 12.4 Å². The van der Waals surface area contributed by atoms with E-state index in [9.17, 15) is 4.79 Å². The van der Waals surface area contributed by atoms with Crippen molar-refractivity contribution in [2.24, 2.45) is 0 Å². The molecule has 3 aromatic rings. The maximum atomic E-state index is 12.3. The molecule has 2 aliphatic rings. The largest absolute Gasteiger partial charge is 0.444 e. The van der Waals surface area contributed by atoms with E-state index < -0.39 is 11.7 Å². The molecule has 0 bridgehead atoms. The number of nitrogens with one attached hydrogen (secondary N) is 2. The lowest BCUT2D eigenvalue weighted by Gasteiger charge is -2.34. The van der Waals surface area contributed by atoms with Gasteiger partial charge in [-0.1, -0.05) is 0 Å². The van der Waals surface area contributed by atoms with Crippen LogP contribution in [0.3, 0.4) is 0 Å². The number of aromatic nitrogens is 4. The molecule has 1 amide bonds. The Morgan fingerprint density at radius 3 is 2.41 bits per heavy atom. The number of likely N-dealkylation sites (N-methyl/N-ethyl adjacent to an activating group) is 1. The van der Waals surface area contributed by atoms with Crippen molar-refractivity contribution in [2.75, 3.05) is 61.4 Å². The van der Waals surface area contributed by atoms with Crippen LogP contribution in [-0.2, 0) is 4.74 Å². The van der Waals surface area contributed by atoms with Crippen LogP contribution in [0.25, 0.3) is 11.2 Å². The van der Waals surface area contributed by atoms with Gasteiger partial charge < -0.3 is 34.6 Å². The van der Waals surface area contributed by atoms with Gasteiger partial charge in [0, 0.05) is 56.7 Å². The number of rotatable bonds is 6. The summed E-state index contributed by atoms with van der Waals surface area (Å²) in [5.74, 6) is 1.29. The molecule has 210 valence electrons. The van der Waals surface area contributed by atoms with Crippen LogP contribution in [0, 0.1) is 0 Å². The maximum Gasteiger partial charge on any atom is 0.407 e. The summed E-state index contributed by atoms with van der Waals surface area (Å²) in [6, 6.07) is 8.68. The number of ether oxygens (including phenoxy) is 1. The number of fused-ring (bicyclic) bond motifs is 1. The zero-order chi connectivity index (χ0) is 27.7. The molecule has 0 spiro atoms. The second kappa shape index (κ2) is 10.9. The molecule has 0 radical (unpaired) electrons. The van der Waals surface area contributed by atoms with E-state index in [-0.39, 0.29) is 12.1 Å². The predicted octanol–water partition coefficient (Wildman–Crippen LogP) is 4.01. The number of amides is 1. The van der Waals surface area contributed by atoms with E-state index in [2.05, 4.69) is 80.0 Å². The van der Waals surface area contributed by atoms with Crippen LogP contribution < -0.4 is 20.4 Å². The highest BCUT2D eigenvalue weighted by atomic mass is 16.6. The van der Waals surface area contributed by atoms with Crippen LogP contribution in [-0.4, -0.2) is 88.5 Å². The summed E-state index contributed by atoms with van der Waals surface area (Å²) < 4.78 is 7.50. The van der Waals surface area contributed by atoms with Crippen LogP contribution in [0.4, 0.5) is 27.9 Å². The number of hydrogen-bond acceptors (Lipinski definition) is 9. The molecular formula is C28H41N9O2. The first-order valence-electron chi connectivity index (χ1n) is 13.9. The Morgan fingerprint density at radius 2 is 1.74 bits per heavy atom. The maximum absolute atomic E-state index is 12.3. The van der Waals surface area contributed by atoms with Gasteiger partial charge in [0.15, 0.2) is 17.0 Å². The van der Waals surface area contributed by atoms with Crippen LogP contribution in [0.2, 0.25) is 0 Å². The normalized spacial score (nSPS) is 18.7. The van der Waals surface area contributed by atoms with Crippen molar-refractivity contribution in [3.63, 3.8) is 0 Å². The summed E-state index contributed by atoms with van der Waals surface area (Å²) >= 11 is 0. The molecule has 2 saturated heterocycles. The van der Waals surface area contributed by atoms with E-state index in [0.29, 0.717) is 18.3 Å². The smallest absolute Gasteiger partial charge is 0.407 e. The van der Waals surface area contributed by atoms with Crippen LogP contribution in [0.5, 0.6) is 0 Å². The van der Waals surface area contributed by atoms with Gasteiger partial charge in [0.1, 0.15) is 5.60 Å². The van der Waals surface area contributed by atoms with Crippen LogP contribution in [0.15, 0.2) is 30.6 Å². The average molecular weight is 536 g/mol. The molecule has 11 heteroatoms. The number of carbonyl (C=O) groups excluding carboxylic acids is 1. The number of anilines is 4. The number of hydrogen-bond donors (Lipinski definition) is 2. The number of imidazole rings is 1. The third-order valence-corrected chi connectivity index (χ3v) is 7.16. The number of benzene rings is 1. The Hall–Kier alpha value is -3.60. The minimum Gasteiger partial charge on any atom is -0.444 e. The summed E-state index contributed by atoms with van der Waals surface area (Å²) in [6.45, 7) is 15.4. The molecule has 11 nitrogen and oxygen atoms in total. The molecule has 2 aromatic heterocycles. The van der Waals surface area contributed by atoms with Crippen molar-refractivity contribution < 1.29 is 9.53 Å². The summed E-state index contributed by atoms with van der Waals surface area (Å²) in [5.41, 5.74) is 3.17. The minimum atomic E-state index is -0.533. The molecule has 1 aromatic carbocycles. The topological polar surface area (TPSA) is 104 Å². The Labute approximate surface area is 230 Å². The summed E-state index contributed by atoms with van der Waals surface area (Å²) in [5, 5.41) is 6.49. The first kappa shape index (κ1) is 27.0. The zero-order valence-corrected chi connectivity index (χ0v) is 23.9. The molecule has 2 N–H and O–H groups in total. The molecule has 0 unspecified atom stereocenters. The lowest BCUT2D eigenvalue weighted by atomic mass is 10.2. The third-order valence-electron chi connectivity index (χ3n) is 7.16. The van der Waals surface area contributed by atoms with Crippen LogP contribution in [0.1, 0.15) is 47.1 Å². The number of nitrogens with zero attached hydrogens (tertiary/aromatic N) is 7. The molecule has 0 aliphatic carbocycles. The van der Waals surface area contributed by atoms with E-state index >= 15 is 0 Å². The monoisotopic (exact) mass is 535 g/mol. The predicted molar refractivity (Wildman–Crippen MR) is 155 cm³/mol. The Kier molecular flexibility index (Phi) is 7.53. The van der Waals surface area contributed by atoms with E-state index in [1.54, 1.807) is 0 Å². The molecule has 1 atom stereocenters. The Morgan fingerprint density at radius 1 is 1.03 bits per heavy atom. The van der Waals surface area contributed by atoms with Crippen LogP contribution >= 0.6 is 0 Å². The highest BCUT2D eigenvalue weighted by Gasteiger charge is 2.29. The fraction of sp³-hybridized carbons (Fsp3) is 0.571.